The van der Waals surface area contributed by atoms with Crippen LogP contribution in [0.2, 0.25) is 0 Å². The summed E-state index contributed by atoms with van der Waals surface area (Å²) < 4.78 is 11.8. The van der Waals surface area contributed by atoms with E-state index in [4.69, 9.17) is 31.1 Å². The van der Waals surface area contributed by atoms with Crippen molar-refractivity contribution in [1.29, 1.82) is 10.8 Å². The number of rotatable bonds is 11. The van der Waals surface area contributed by atoms with Crippen molar-refractivity contribution in [3.63, 3.8) is 0 Å². The Balaban J connectivity index is 0.00000204. The van der Waals surface area contributed by atoms with Crippen LogP contribution in [-0.2, 0) is 12.8 Å². The zero-order chi connectivity index (χ0) is 22.5. The van der Waals surface area contributed by atoms with E-state index in [0.717, 1.165) is 70.3 Å². The molecule has 2 aromatic heterocycles. The molecule has 8 heteroatoms. The molecule has 2 heterocycles. The van der Waals surface area contributed by atoms with Gasteiger partial charge in [-0.1, -0.05) is 25.7 Å². The second kappa shape index (κ2) is 12.5. The number of aryl methyl sites for hydroxylation is 2. The van der Waals surface area contributed by atoms with Gasteiger partial charge >= 0.3 is 0 Å². The summed E-state index contributed by atoms with van der Waals surface area (Å²) in [4.78, 5) is 0. The molecule has 0 atom stereocenters. The molecule has 0 radical (unpaired) electrons. The first kappa shape index (κ1) is 27.3. The van der Waals surface area contributed by atoms with Crippen LogP contribution >= 0.6 is 24.8 Å². The third kappa shape index (κ3) is 6.78. The lowest BCUT2D eigenvalue weighted by molar-refractivity contribution is 0.508. The highest BCUT2D eigenvalue weighted by molar-refractivity contribution is 5.99. The van der Waals surface area contributed by atoms with Gasteiger partial charge in [-0.15, -0.1) is 24.8 Å². The lowest BCUT2D eigenvalue weighted by Crippen LogP contribution is -2.10. The fourth-order valence-corrected chi connectivity index (χ4v) is 4.08. The second-order valence-electron chi connectivity index (χ2n) is 8.38. The molecule has 4 aromatic rings. The molecule has 6 nitrogen and oxygen atoms in total. The van der Waals surface area contributed by atoms with E-state index in [1.54, 1.807) is 0 Å². The van der Waals surface area contributed by atoms with Gasteiger partial charge in [-0.05, 0) is 61.4 Å². The first-order valence-corrected chi connectivity index (χ1v) is 11.2. The Kier molecular flexibility index (Phi) is 10.0. The normalized spacial score (nSPS) is 10.7. The molecule has 2 aromatic carbocycles. The molecule has 0 aliphatic carbocycles. The summed E-state index contributed by atoms with van der Waals surface area (Å²) >= 11 is 0. The minimum absolute atomic E-state index is 0. The van der Waals surface area contributed by atoms with Crippen LogP contribution in [0.25, 0.3) is 21.9 Å². The monoisotopic (exact) mass is 502 g/mol. The number of nitrogens with two attached hydrogens (primary N) is 2. The van der Waals surface area contributed by atoms with E-state index in [2.05, 4.69) is 12.1 Å². The van der Waals surface area contributed by atoms with Gasteiger partial charge in [-0.3, -0.25) is 10.8 Å². The number of amidine groups is 2. The van der Waals surface area contributed by atoms with Crippen LogP contribution in [0.15, 0.2) is 57.4 Å². The van der Waals surface area contributed by atoms with Crippen LogP contribution in [0, 0.1) is 10.8 Å². The summed E-state index contributed by atoms with van der Waals surface area (Å²) in [5.41, 5.74) is 14.3. The summed E-state index contributed by atoms with van der Waals surface area (Å²) in [5.74, 6) is 2.16. The largest absolute Gasteiger partial charge is 0.461 e. The van der Waals surface area contributed by atoms with E-state index in [1.165, 1.54) is 25.7 Å². The number of nitrogen functional groups attached to an aromatic ring is 2. The third-order valence-electron chi connectivity index (χ3n) is 5.85. The van der Waals surface area contributed by atoms with E-state index in [-0.39, 0.29) is 36.5 Å². The van der Waals surface area contributed by atoms with Crippen molar-refractivity contribution in [3.8, 4) is 0 Å². The van der Waals surface area contributed by atoms with Gasteiger partial charge < -0.3 is 20.3 Å². The van der Waals surface area contributed by atoms with E-state index in [1.807, 2.05) is 36.4 Å². The molecule has 0 aliphatic rings. The number of unbranched alkanes of at least 4 members (excludes halogenated alkanes) is 5. The Morgan fingerprint density at radius 2 is 0.971 bits per heavy atom. The molecule has 0 aliphatic heterocycles. The molecule has 182 valence electrons. The van der Waals surface area contributed by atoms with E-state index in [0.29, 0.717) is 0 Å². The minimum Gasteiger partial charge on any atom is -0.461 e. The summed E-state index contributed by atoms with van der Waals surface area (Å²) in [5, 5.41) is 17.1. The van der Waals surface area contributed by atoms with Crippen LogP contribution in [0.3, 0.4) is 0 Å². The fraction of sp³-hybridized carbons (Fsp3) is 0.308. The van der Waals surface area contributed by atoms with Gasteiger partial charge in [-0.2, -0.15) is 0 Å². The van der Waals surface area contributed by atoms with Crippen molar-refractivity contribution in [1.82, 2.24) is 0 Å². The first-order valence-electron chi connectivity index (χ1n) is 11.2. The highest BCUT2D eigenvalue weighted by Crippen LogP contribution is 2.24. The SMILES string of the molecule is Cl.Cl.N=C(N)c1ccc2oc(CCCCCCCCc3cc4cc(C(=N)N)ccc4o3)cc2c1. The first-order chi connectivity index (χ1) is 15.5. The van der Waals surface area contributed by atoms with Crippen molar-refractivity contribution < 1.29 is 8.83 Å². The number of benzene rings is 2. The molecular formula is C26H32Cl2N4O2. The zero-order valence-electron chi connectivity index (χ0n) is 19.1. The van der Waals surface area contributed by atoms with Gasteiger partial charge in [0.1, 0.15) is 34.4 Å². The summed E-state index contributed by atoms with van der Waals surface area (Å²) in [7, 11) is 0. The molecule has 0 unspecified atom stereocenters. The van der Waals surface area contributed by atoms with Crippen molar-refractivity contribution in [3.05, 3.63) is 71.2 Å². The summed E-state index contributed by atoms with van der Waals surface area (Å²) in [6, 6.07) is 15.4. The molecule has 0 amide bonds. The smallest absolute Gasteiger partial charge is 0.134 e. The highest BCUT2D eigenvalue weighted by Gasteiger charge is 2.07. The van der Waals surface area contributed by atoms with Crippen molar-refractivity contribution in [2.24, 2.45) is 11.5 Å². The third-order valence-corrected chi connectivity index (χ3v) is 5.85. The number of hydrogen-bond donors (Lipinski definition) is 4. The molecule has 6 N–H and O–H groups in total. The quantitative estimate of drug-likeness (QED) is 0.103. The van der Waals surface area contributed by atoms with Gasteiger partial charge in [0.25, 0.3) is 0 Å². The Morgan fingerprint density at radius 3 is 1.35 bits per heavy atom. The van der Waals surface area contributed by atoms with Crippen molar-refractivity contribution in [2.45, 2.75) is 51.4 Å². The maximum Gasteiger partial charge on any atom is 0.134 e. The van der Waals surface area contributed by atoms with Crippen LogP contribution < -0.4 is 11.5 Å². The molecule has 0 spiro atoms. The van der Waals surface area contributed by atoms with Gasteiger partial charge in [0.15, 0.2) is 0 Å². The summed E-state index contributed by atoms with van der Waals surface area (Å²) in [6.07, 6.45) is 8.91. The predicted molar refractivity (Wildman–Crippen MR) is 144 cm³/mol. The van der Waals surface area contributed by atoms with E-state index in [9.17, 15) is 0 Å². The average Bonchev–Trinajstić information content (AvgIpc) is 3.37. The lowest BCUT2D eigenvalue weighted by atomic mass is 10.1. The number of furan rings is 2. The lowest BCUT2D eigenvalue weighted by Gasteiger charge is -2.00. The van der Waals surface area contributed by atoms with Gasteiger partial charge in [0, 0.05) is 34.7 Å². The zero-order valence-corrected chi connectivity index (χ0v) is 20.7. The Hall–Kier alpha value is -2.96. The molecule has 0 saturated heterocycles. The minimum atomic E-state index is 0. The van der Waals surface area contributed by atoms with Gasteiger partial charge in [0.2, 0.25) is 0 Å². The maximum atomic E-state index is 7.55. The topological polar surface area (TPSA) is 126 Å². The Labute approximate surface area is 211 Å². The van der Waals surface area contributed by atoms with Gasteiger partial charge in [0.05, 0.1) is 0 Å². The molecule has 0 bridgehead atoms. The predicted octanol–water partition coefficient (Wildman–Crippen LogP) is 6.72. The maximum absolute atomic E-state index is 7.55. The van der Waals surface area contributed by atoms with Crippen LogP contribution in [0.4, 0.5) is 0 Å². The van der Waals surface area contributed by atoms with E-state index < -0.39 is 0 Å². The number of nitrogens with one attached hydrogen (secondary N) is 2. The van der Waals surface area contributed by atoms with Crippen molar-refractivity contribution >= 4 is 58.4 Å². The average molecular weight is 503 g/mol. The Morgan fingerprint density at radius 1 is 0.588 bits per heavy atom. The van der Waals surface area contributed by atoms with Gasteiger partial charge in [-0.25, -0.2) is 0 Å². The van der Waals surface area contributed by atoms with E-state index >= 15 is 0 Å². The fourth-order valence-electron chi connectivity index (χ4n) is 4.08. The molecular weight excluding hydrogens is 471 g/mol. The molecule has 4 rings (SSSR count). The number of halogens is 2. The second-order valence-corrected chi connectivity index (χ2v) is 8.38. The number of hydrogen-bond acceptors (Lipinski definition) is 4. The summed E-state index contributed by atoms with van der Waals surface area (Å²) in [6.45, 7) is 0. The number of fused-ring (bicyclic) bond motifs is 2. The van der Waals surface area contributed by atoms with Crippen molar-refractivity contribution in [2.75, 3.05) is 0 Å². The van der Waals surface area contributed by atoms with Crippen LogP contribution in [-0.4, -0.2) is 11.7 Å². The van der Waals surface area contributed by atoms with Crippen LogP contribution in [0.1, 0.15) is 61.2 Å². The van der Waals surface area contributed by atoms with Crippen LogP contribution in [0.5, 0.6) is 0 Å². The molecule has 0 saturated carbocycles. The highest BCUT2D eigenvalue weighted by atomic mass is 35.5. The molecule has 0 fully saturated rings. The Bertz CT molecular complexity index is 1160. The standard InChI is InChI=1S/C26H30N4O2.2ClH/c27-25(28)17-9-11-23-19(13-17)15-21(31-23)7-5-3-1-2-4-6-8-22-16-20-14-18(26(29)30)10-12-24(20)32-22;;/h9-16H,1-8H2,(H3,27,28)(H3,29,30);2*1H. The molecule has 34 heavy (non-hydrogen) atoms.